The summed E-state index contributed by atoms with van der Waals surface area (Å²) in [7, 11) is -3.68. The molecule has 1 N–H and O–H groups in total. The van der Waals surface area contributed by atoms with Crippen LogP contribution in [-0.4, -0.2) is 30.4 Å². The fraction of sp³-hybridized carbons (Fsp3) is 0.111. The topological polar surface area (TPSA) is 81.1 Å². The number of hydrogen-bond acceptors (Lipinski definition) is 4. The Bertz CT molecular complexity index is 1050. The predicted octanol–water partition coefficient (Wildman–Crippen LogP) is 2.94. The average molecular weight is 390 g/mol. The van der Waals surface area contributed by atoms with Crippen LogP contribution < -0.4 is 4.72 Å². The van der Waals surface area contributed by atoms with Gasteiger partial charge in [-0.05, 0) is 11.6 Å². The summed E-state index contributed by atoms with van der Waals surface area (Å²) in [6.45, 7) is 0.353. The molecule has 1 heterocycles. The van der Waals surface area contributed by atoms with Gasteiger partial charge in [0.2, 0.25) is 10.0 Å². The molecule has 0 unspecified atom stereocenters. The van der Waals surface area contributed by atoms with Gasteiger partial charge in [-0.3, -0.25) is 9.48 Å². The molecule has 0 saturated heterocycles. The maximum atomic E-state index is 12.4. The van der Waals surface area contributed by atoms with Crippen molar-refractivity contribution in [3.63, 3.8) is 0 Å². The standard InChI is InChI=1S/C18H16ClN3O3S/c1-26(24,25)21-18(23)15-12-22(11-14-9-5-6-10-16(14)19)20-17(15)13-7-3-2-4-8-13/h2-10,12H,11H2,1H3,(H,21,23). The lowest BCUT2D eigenvalue weighted by Gasteiger charge is -2.04. The summed E-state index contributed by atoms with van der Waals surface area (Å²) in [5.74, 6) is -0.725. The maximum Gasteiger partial charge on any atom is 0.268 e. The number of hydrogen-bond donors (Lipinski definition) is 1. The van der Waals surface area contributed by atoms with Gasteiger partial charge in [-0.25, -0.2) is 13.1 Å². The molecule has 3 rings (SSSR count). The maximum absolute atomic E-state index is 12.4. The van der Waals surface area contributed by atoms with Crippen LogP contribution in [0, 0.1) is 0 Å². The van der Waals surface area contributed by atoms with Crippen LogP contribution in [0.5, 0.6) is 0 Å². The quantitative estimate of drug-likeness (QED) is 0.727. The Kier molecular flexibility index (Phi) is 5.11. The van der Waals surface area contributed by atoms with E-state index in [1.165, 1.54) is 6.20 Å². The first-order valence-corrected chi connectivity index (χ1v) is 9.99. The number of benzene rings is 2. The molecule has 134 valence electrons. The monoisotopic (exact) mass is 389 g/mol. The molecule has 0 spiro atoms. The molecule has 6 nitrogen and oxygen atoms in total. The molecule has 1 amide bonds. The molecule has 0 aliphatic heterocycles. The van der Waals surface area contributed by atoms with Crippen molar-refractivity contribution in [1.29, 1.82) is 0 Å². The number of halogens is 1. The Hall–Kier alpha value is -2.64. The Balaban J connectivity index is 2.03. The Labute approximate surface area is 156 Å². The highest BCUT2D eigenvalue weighted by Gasteiger charge is 2.20. The van der Waals surface area contributed by atoms with Gasteiger partial charge in [0.05, 0.1) is 18.4 Å². The first-order chi connectivity index (χ1) is 12.3. The number of sulfonamides is 1. The van der Waals surface area contributed by atoms with Crippen LogP contribution in [0.2, 0.25) is 5.02 Å². The third-order valence-electron chi connectivity index (χ3n) is 3.62. The second kappa shape index (κ2) is 7.31. The molecule has 0 aliphatic rings. The highest BCUT2D eigenvalue weighted by Crippen LogP contribution is 2.23. The van der Waals surface area contributed by atoms with Crippen LogP contribution >= 0.6 is 11.6 Å². The third-order valence-corrected chi connectivity index (χ3v) is 4.55. The Morgan fingerprint density at radius 2 is 1.77 bits per heavy atom. The van der Waals surface area contributed by atoms with Crippen LogP contribution in [0.3, 0.4) is 0 Å². The van der Waals surface area contributed by atoms with Crippen molar-refractivity contribution >= 4 is 27.5 Å². The molecule has 0 radical (unpaired) electrons. The minimum absolute atomic E-state index is 0.175. The molecule has 0 aliphatic carbocycles. The first kappa shape index (κ1) is 18.2. The van der Waals surface area contributed by atoms with E-state index in [1.807, 2.05) is 41.1 Å². The van der Waals surface area contributed by atoms with E-state index in [1.54, 1.807) is 22.9 Å². The van der Waals surface area contributed by atoms with Crippen LogP contribution in [0.4, 0.5) is 0 Å². The van der Waals surface area contributed by atoms with Crippen LogP contribution in [-0.2, 0) is 16.6 Å². The molecule has 3 aromatic rings. The minimum atomic E-state index is -3.68. The van der Waals surface area contributed by atoms with Crippen LogP contribution in [0.1, 0.15) is 15.9 Å². The van der Waals surface area contributed by atoms with Gasteiger partial charge in [0.15, 0.2) is 0 Å². The number of nitrogens with one attached hydrogen (secondary N) is 1. The molecule has 1 aromatic heterocycles. The molecule has 8 heteroatoms. The summed E-state index contributed by atoms with van der Waals surface area (Å²) in [6, 6.07) is 16.4. The van der Waals surface area contributed by atoms with Gasteiger partial charge >= 0.3 is 0 Å². The second-order valence-corrected chi connectivity index (χ2v) is 7.91. The highest BCUT2D eigenvalue weighted by molar-refractivity contribution is 7.89. The SMILES string of the molecule is CS(=O)(=O)NC(=O)c1cn(Cc2ccccc2Cl)nc1-c1ccccc1. The highest BCUT2D eigenvalue weighted by atomic mass is 35.5. The van der Waals surface area contributed by atoms with E-state index in [-0.39, 0.29) is 5.56 Å². The van der Waals surface area contributed by atoms with Gasteiger partial charge in [0.1, 0.15) is 5.69 Å². The summed E-state index contributed by atoms with van der Waals surface area (Å²) in [5, 5.41) is 5.06. The molecule has 0 bridgehead atoms. The zero-order valence-electron chi connectivity index (χ0n) is 13.9. The van der Waals surface area contributed by atoms with Crippen molar-refractivity contribution in [2.75, 3.05) is 6.26 Å². The molecular weight excluding hydrogens is 374 g/mol. The van der Waals surface area contributed by atoms with E-state index >= 15 is 0 Å². The summed E-state index contributed by atoms with van der Waals surface area (Å²) >= 11 is 6.19. The molecule has 0 fully saturated rings. The largest absolute Gasteiger partial charge is 0.268 e. The predicted molar refractivity (Wildman–Crippen MR) is 101 cm³/mol. The van der Waals surface area contributed by atoms with E-state index in [4.69, 9.17) is 11.6 Å². The van der Waals surface area contributed by atoms with Gasteiger partial charge in [-0.1, -0.05) is 60.1 Å². The third kappa shape index (κ3) is 4.30. The fourth-order valence-corrected chi connectivity index (χ4v) is 3.14. The molecule has 0 saturated carbocycles. The van der Waals surface area contributed by atoms with Gasteiger partial charge in [-0.2, -0.15) is 5.10 Å². The molecule has 26 heavy (non-hydrogen) atoms. The molecular formula is C18H16ClN3O3S. The summed E-state index contributed by atoms with van der Waals surface area (Å²) in [6.07, 6.45) is 2.45. The summed E-state index contributed by atoms with van der Waals surface area (Å²) in [4.78, 5) is 12.4. The number of aromatic nitrogens is 2. The Morgan fingerprint density at radius 3 is 2.42 bits per heavy atom. The van der Waals surface area contributed by atoms with E-state index in [0.29, 0.717) is 22.8 Å². The first-order valence-electron chi connectivity index (χ1n) is 7.72. The lowest BCUT2D eigenvalue weighted by atomic mass is 10.1. The number of amides is 1. The van der Waals surface area contributed by atoms with Crippen molar-refractivity contribution in [2.45, 2.75) is 6.54 Å². The smallest absolute Gasteiger partial charge is 0.268 e. The van der Waals surface area contributed by atoms with Crippen LogP contribution in [0.25, 0.3) is 11.3 Å². The Morgan fingerprint density at radius 1 is 1.12 bits per heavy atom. The summed E-state index contributed by atoms with van der Waals surface area (Å²) < 4.78 is 26.4. The van der Waals surface area contributed by atoms with E-state index in [9.17, 15) is 13.2 Å². The van der Waals surface area contributed by atoms with Gasteiger partial charge < -0.3 is 0 Å². The van der Waals surface area contributed by atoms with E-state index < -0.39 is 15.9 Å². The van der Waals surface area contributed by atoms with Crippen LogP contribution in [0.15, 0.2) is 60.8 Å². The number of carbonyl (C=O) groups is 1. The second-order valence-electron chi connectivity index (χ2n) is 5.75. The minimum Gasteiger partial charge on any atom is -0.268 e. The summed E-state index contributed by atoms with van der Waals surface area (Å²) in [5.41, 5.74) is 2.13. The zero-order valence-corrected chi connectivity index (χ0v) is 15.5. The number of carbonyl (C=O) groups excluding carboxylic acids is 1. The zero-order chi connectivity index (χ0) is 18.7. The number of nitrogens with zero attached hydrogens (tertiary/aromatic N) is 2. The van der Waals surface area contributed by atoms with E-state index in [2.05, 4.69) is 5.10 Å². The average Bonchev–Trinajstić information content (AvgIpc) is 3.00. The van der Waals surface area contributed by atoms with Gasteiger partial charge in [-0.15, -0.1) is 0 Å². The lowest BCUT2D eigenvalue weighted by Crippen LogP contribution is -2.29. The molecule has 2 aromatic carbocycles. The van der Waals surface area contributed by atoms with Gasteiger partial charge in [0.25, 0.3) is 5.91 Å². The number of rotatable bonds is 5. The lowest BCUT2D eigenvalue weighted by molar-refractivity contribution is 0.0982. The van der Waals surface area contributed by atoms with Crippen molar-refractivity contribution < 1.29 is 13.2 Å². The normalized spacial score (nSPS) is 11.3. The molecule has 0 atom stereocenters. The van der Waals surface area contributed by atoms with Crippen molar-refractivity contribution in [3.8, 4) is 11.3 Å². The van der Waals surface area contributed by atoms with Gasteiger partial charge in [0, 0.05) is 16.8 Å². The van der Waals surface area contributed by atoms with E-state index in [0.717, 1.165) is 11.8 Å². The van der Waals surface area contributed by atoms with Crippen molar-refractivity contribution in [3.05, 3.63) is 76.9 Å². The van der Waals surface area contributed by atoms with Crippen molar-refractivity contribution in [2.24, 2.45) is 0 Å². The van der Waals surface area contributed by atoms with Crippen molar-refractivity contribution in [1.82, 2.24) is 14.5 Å². The fourth-order valence-electron chi connectivity index (χ4n) is 2.50.